The smallest absolute Gasteiger partial charge is 0.867 e. The van der Waals surface area contributed by atoms with Gasteiger partial charge in [0.15, 0.2) is 60.7 Å². The van der Waals surface area contributed by atoms with E-state index in [1.165, 1.54) is 124 Å². The maximum absolute atomic E-state index is 11.9. The summed E-state index contributed by atoms with van der Waals surface area (Å²) < 4.78 is 11.0. The number of nitriles is 2. The summed E-state index contributed by atoms with van der Waals surface area (Å²) in [4.78, 5) is 231. The normalized spacial score (nSPS) is 13.7. The van der Waals surface area contributed by atoms with Gasteiger partial charge in [-0.2, -0.15) is 45.5 Å². The molecule has 76 heteroatoms. The van der Waals surface area contributed by atoms with Gasteiger partial charge in [0.05, 0.1) is 63.5 Å². The van der Waals surface area contributed by atoms with Crippen LogP contribution < -0.4 is 185 Å². The van der Waals surface area contributed by atoms with Gasteiger partial charge in [0.1, 0.15) is 65.3 Å². The number of phenols is 2. The number of amides is 10. The molecule has 742 valence electrons. The van der Waals surface area contributed by atoms with Crippen LogP contribution in [0.3, 0.4) is 0 Å². The fourth-order valence-corrected chi connectivity index (χ4v) is 21.0. The number of thioether (sulfide) groups is 4. The van der Waals surface area contributed by atoms with Crippen molar-refractivity contribution in [3.05, 3.63) is 109 Å². The SMILES string of the molecule is C.CN=c1nc(N=c2nc(N=C(C)SC)ss2)ss1.CN=c1ssc(N=c2ssc(N=C(C)SC)c2C#N)c1C#N.CNC(=S)NC(=S)NC(=S)NC(=S)NC(C)=S.CSc1c(SC)c(=O)c1=O.O=C1N=C2C(=O)N=C([O-])N=C2C(=O)N1.O=C1N=C2C(=O)N=C([O-])N=C2C(=O)N1.O=c1c(S)c(S)c1=O.O=c1oc2c([O-])c(O)cc3c(=O)oc4c([O-])c(O)cc1c4c23.[Li+].[Li+].[Li+].[Li+].[N-]=C=NC1=NC(=O)C2=NC(N=C=N)=NC(=O)C2=N1. The number of urea groups is 2. The Hall–Kier alpha value is -11.7. The average molecular weight is 2340 g/mol. The van der Waals surface area contributed by atoms with Crippen LogP contribution in [-0.4, -0.2) is 220 Å². The van der Waals surface area contributed by atoms with E-state index in [1.807, 2.05) is 26.4 Å². The number of amidine groups is 2. The minimum atomic E-state index is -1.08. The second kappa shape index (κ2) is 60.8. The van der Waals surface area contributed by atoms with E-state index in [-0.39, 0.29) is 153 Å². The van der Waals surface area contributed by atoms with Gasteiger partial charge in [-0.15, -0.1) is 83.3 Å². The quantitative estimate of drug-likeness (QED) is 0.00703. The molecule has 0 radical (unpaired) electrons. The molecule has 0 saturated carbocycles. The number of nitrogens with zero attached hydrogens (tertiary/aromatic N) is 23. The summed E-state index contributed by atoms with van der Waals surface area (Å²) in [5.41, 5.74) is -6.49. The Labute approximate surface area is 956 Å². The second-order valence-electron chi connectivity index (χ2n) is 24.5. The Morgan fingerprint density at radius 2 is 0.899 bits per heavy atom. The minimum Gasteiger partial charge on any atom is -0.867 e. The minimum absolute atomic E-state index is 0. The van der Waals surface area contributed by atoms with Crippen molar-refractivity contribution >= 4 is 422 Å². The number of thiocarbonyl (C=S) groups is 5. The molecule has 4 aromatic carbocycles. The van der Waals surface area contributed by atoms with Crippen molar-refractivity contribution in [1.82, 2.24) is 47.2 Å². The third-order valence-electron chi connectivity index (χ3n) is 15.7. The standard InChI is InChI=1S/C14H6O8.C12H9N5S5.C8HN8O2.C8H9N5S5.C7H11N5S5.2C6H2N4O4.C6H6O2S2.C4H2O2S2.CH4.4Li/c15-5-1-3-7-8-4(14(20)22-11(7)9(5)17)2-6(16)10(18)12(8)21-13(3)19;1-6(18-3)16-10-8(5-14)12(22-20-10)17-11-7(4-13)9(15-2)19-21-11;9-1-11-7-13-3-4(5(17)15-7)14-8(12-2-10)16-6(3)18;1-4(14-3)10-6-12-8(18-16-6)13-7-11-5(9-2)15-17-7;1-3(13)9-5(15)11-7(17)12-6(16)10-4(14)8-2;2*11-3-1-2(8-6(14)9-3)4(12)10-5(13)7-1;1-9-5-3(7)4(8)6(5)10-2;5-1-2(6)4(8)3(1)7;;;;;/h1-2,15-18H;1-3H3;9H;1-3H3;1-2H3,(H5,8,9,10,11,12,13,14,15,16,17);2*(H,9,11,14)(H,10,12,13);1-2H3;7-8H;1H4;;;;/q;;-1;;;;;;;;4*+1/p-4. The first-order chi connectivity index (χ1) is 67.8. The Kier molecular flexibility index (Phi) is 53.6. The van der Waals surface area contributed by atoms with Gasteiger partial charge >= 0.3 is 105 Å². The first kappa shape index (κ1) is 130. The number of thiol groups is 2. The first-order valence-corrected chi connectivity index (χ1v) is 52.8. The number of aromatic hydroxyl groups is 2. The van der Waals surface area contributed by atoms with Gasteiger partial charge in [0, 0.05) is 31.9 Å². The van der Waals surface area contributed by atoms with Crippen LogP contribution in [0.2, 0.25) is 0 Å². The molecular weight excluding hydrogens is 2290 g/mol. The van der Waals surface area contributed by atoms with Crippen molar-refractivity contribution in [2.75, 3.05) is 46.2 Å². The summed E-state index contributed by atoms with van der Waals surface area (Å²) in [7, 11) is 16.7. The van der Waals surface area contributed by atoms with E-state index in [0.29, 0.717) is 65.4 Å². The number of rotatable bonds is 6. The molecular formula is C72H48Li4N31O22S19-. The van der Waals surface area contributed by atoms with Crippen molar-refractivity contribution in [1.29, 1.82) is 15.9 Å². The largest absolute Gasteiger partial charge is 1.00 e. The van der Waals surface area contributed by atoms with E-state index in [4.69, 9.17) is 80.7 Å². The molecule has 12 heterocycles. The molecule has 10 N–H and O–H groups in total. The number of phenolic OH excluding ortho intramolecular Hbond substituents is 2. The average Bonchev–Trinajstić information content (AvgIpc) is 0.799. The van der Waals surface area contributed by atoms with Crippen LogP contribution in [0.15, 0.2) is 159 Å². The molecule has 0 aliphatic carbocycles. The van der Waals surface area contributed by atoms with Crippen LogP contribution in [0.1, 0.15) is 39.3 Å². The molecule has 6 aliphatic rings. The molecule has 53 nitrogen and oxygen atoms in total. The van der Waals surface area contributed by atoms with Crippen molar-refractivity contribution in [2.24, 2.45) is 89.9 Å². The van der Waals surface area contributed by atoms with Crippen molar-refractivity contribution in [2.45, 2.75) is 47.8 Å². The van der Waals surface area contributed by atoms with E-state index in [9.17, 15) is 108 Å². The van der Waals surface area contributed by atoms with Gasteiger partial charge in [-0.05, 0) is 160 Å². The van der Waals surface area contributed by atoms with E-state index in [1.54, 1.807) is 69.0 Å². The Bertz CT molecular complexity index is 8050. The number of hydrogen-bond acceptors (Lipinski definition) is 58. The summed E-state index contributed by atoms with van der Waals surface area (Å²) in [6.45, 7) is 5.57. The van der Waals surface area contributed by atoms with Gasteiger partial charge in [-0.3, -0.25) is 68.6 Å². The molecule has 0 bridgehead atoms. The van der Waals surface area contributed by atoms with E-state index in [0.717, 1.165) is 32.2 Å². The zero-order valence-corrected chi connectivity index (χ0v) is 91.5. The van der Waals surface area contributed by atoms with E-state index < -0.39 is 145 Å². The zero-order chi connectivity index (χ0) is 106. The topological polar surface area (TPSA) is 824 Å². The summed E-state index contributed by atoms with van der Waals surface area (Å²) in [6, 6.07) is 4.99. The number of imide groups is 2. The molecule has 10 aromatic rings. The molecule has 0 saturated heterocycles. The molecule has 0 unspecified atom stereocenters. The molecule has 6 aromatic heterocycles. The first-order valence-electron chi connectivity index (χ1n) is 36.4. The second-order valence-corrected chi connectivity index (χ2v) is 39.7. The number of fused-ring (bicyclic) bond motifs is 3. The number of aliphatic imine (C=N–C) groups is 14. The van der Waals surface area contributed by atoms with Gasteiger partial charge in [-0.25, -0.2) is 69.5 Å². The number of carbonyl (C=O) groups is 8. The molecule has 10 amide bonds. The fraction of sp³-hybridized carbons (Fsp3) is 0.153. The van der Waals surface area contributed by atoms with Gasteiger partial charge < -0.3 is 76.5 Å². The van der Waals surface area contributed by atoms with Crippen molar-refractivity contribution in [3.8, 4) is 35.1 Å². The van der Waals surface area contributed by atoms with Crippen LogP contribution in [0.4, 0.5) is 29.9 Å². The fourth-order valence-electron chi connectivity index (χ4n) is 9.55. The molecule has 16 rings (SSSR count). The summed E-state index contributed by atoms with van der Waals surface area (Å²) >= 11 is 37.7. The van der Waals surface area contributed by atoms with Gasteiger partial charge in [0.25, 0.3) is 35.5 Å². The maximum Gasteiger partial charge on any atom is 1.00 e. The number of aromatic nitrogens is 2. The predicted molar refractivity (Wildman–Crippen MR) is 569 cm³/mol. The van der Waals surface area contributed by atoms with Crippen LogP contribution in [0.5, 0.6) is 23.0 Å². The summed E-state index contributed by atoms with van der Waals surface area (Å²) in [5.74, 6) is -10.00. The number of nitrogens with one attached hydrogen (secondary N) is 8. The number of carbonyl (C=O) groups excluding carboxylic acids is 8. The van der Waals surface area contributed by atoms with Crippen LogP contribution >= 0.6 is 216 Å². The van der Waals surface area contributed by atoms with Crippen molar-refractivity contribution in [3.63, 3.8) is 0 Å². The van der Waals surface area contributed by atoms with Gasteiger partial charge in [0.2, 0.25) is 41.6 Å². The maximum atomic E-state index is 11.9. The van der Waals surface area contributed by atoms with Crippen LogP contribution in [0.25, 0.3) is 38.1 Å². The molecule has 148 heavy (non-hydrogen) atoms. The molecule has 0 fully saturated rings. The van der Waals surface area contributed by atoms with E-state index in [2.05, 4.69) is 164 Å². The third-order valence-corrected chi connectivity index (χ3v) is 29.1. The zero-order valence-electron chi connectivity index (χ0n) is 75.8. The Morgan fingerprint density at radius 1 is 0.500 bits per heavy atom. The summed E-state index contributed by atoms with van der Waals surface area (Å²) in [6.07, 6.45) is 7.54. The van der Waals surface area contributed by atoms with E-state index >= 15 is 0 Å². The predicted octanol–water partition coefficient (Wildman–Crippen LogP) is -10.0. The number of guanidine groups is 2. The molecule has 0 atom stereocenters. The van der Waals surface area contributed by atoms with Crippen LogP contribution in [-0.2, 0) is 28.8 Å². The number of benzene rings is 2. The molecule has 6 aliphatic heterocycles. The third kappa shape index (κ3) is 34.2. The van der Waals surface area contributed by atoms with Crippen LogP contribution in [0, 0.1) is 28.1 Å². The Morgan fingerprint density at radius 3 is 1.30 bits per heavy atom. The van der Waals surface area contributed by atoms with Crippen molar-refractivity contribution < 1.29 is 153 Å². The monoisotopic (exact) mass is 2330 g/mol. The molecule has 0 spiro atoms. The van der Waals surface area contributed by atoms with Gasteiger partial charge in [-0.1, -0.05) is 61.0 Å². The summed E-state index contributed by atoms with van der Waals surface area (Å²) in [5, 5.41) is 120. The number of hydrogen-bond donors (Lipinski definition) is 12. The Balaban J connectivity index is 0.000000431.